The number of hydrogen-bond donors (Lipinski definition) is 0. The number of carbonyl (C=O) groups is 1. The lowest BCUT2D eigenvalue weighted by atomic mass is 9.99. The summed E-state index contributed by atoms with van der Waals surface area (Å²) in [4.78, 5) is 18.1. The number of pyridine rings is 1. The summed E-state index contributed by atoms with van der Waals surface area (Å²) >= 11 is 5.83. The molecule has 21 heavy (non-hydrogen) atoms. The SMILES string of the molecule is CC(CCC(C)(F)F)CC(=O)N1Cc2ccc(Cl)nc2C1. The standard InChI is InChI=1S/C15H19ClF2N2O/c1-10(5-6-15(2,17)18)7-14(21)20-8-11-3-4-13(16)19-12(11)9-20/h3-4,10H,5-9H2,1-2H3. The van der Waals surface area contributed by atoms with Crippen LogP contribution in [0.2, 0.25) is 5.15 Å². The molecule has 0 fully saturated rings. The lowest BCUT2D eigenvalue weighted by molar-refractivity contribution is -0.133. The summed E-state index contributed by atoms with van der Waals surface area (Å²) in [6, 6.07) is 3.58. The van der Waals surface area contributed by atoms with Crippen molar-refractivity contribution in [3.8, 4) is 0 Å². The van der Waals surface area contributed by atoms with Crippen LogP contribution >= 0.6 is 11.6 Å². The quantitative estimate of drug-likeness (QED) is 0.768. The van der Waals surface area contributed by atoms with E-state index in [1.165, 1.54) is 0 Å². The minimum Gasteiger partial charge on any atom is -0.332 e. The van der Waals surface area contributed by atoms with Crippen molar-refractivity contribution in [2.45, 2.75) is 52.1 Å². The highest BCUT2D eigenvalue weighted by Gasteiger charge is 2.27. The van der Waals surface area contributed by atoms with Crippen LogP contribution < -0.4 is 0 Å². The molecule has 2 rings (SSSR count). The highest BCUT2D eigenvalue weighted by Crippen LogP contribution is 2.26. The van der Waals surface area contributed by atoms with Crippen molar-refractivity contribution in [2.75, 3.05) is 0 Å². The van der Waals surface area contributed by atoms with E-state index >= 15 is 0 Å². The topological polar surface area (TPSA) is 33.2 Å². The molecule has 6 heteroatoms. The van der Waals surface area contributed by atoms with Gasteiger partial charge in [0, 0.05) is 19.4 Å². The van der Waals surface area contributed by atoms with Crippen LogP contribution in [-0.2, 0) is 17.9 Å². The third-order valence-electron chi connectivity index (χ3n) is 3.69. The lowest BCUT2D eigenvalue weighted by Crippen LogP contribution is -2.27. The van der Waals surface area contributed by atoms with Crippen LogP contribution in [0.1, 0.15) is 44.4 Å². The van der Waals surface area contributed by atoms with Gasteiger partial charge < -0.3 is 4.90 Å². The van der Waals surface area contributed by atoms with E-state index in [9.17, 15) is 13.6 Å². The first kappa shape index (κ1) is 16.1. The number of nitrogens with zero attached hydrogens (tertiary/aromatic N) is 2. The normalized spacial score (nSPS) is 16.0. The second-order valence-corrected chi connectivity index (χ2v) is 6.30. The second-order valence-electron chi connectivity index (χ2n) is 5.91. The highest BCUT2D eigenvalue weighted by atomic mass is 35.5. The average molecular weight is 317 g/mol. The maximum atomic E-state index is 12.8. The molecule has 0 saturated heterocycles. The van der Waals surface area contributed by atoms with E-state index in [1.54, 1.807) is 11.0 Å². The summed E-state index contributed by atoms with van der Waals surface area (Å²) in [7, 11) is 0. The van der Waals surface area contributed by atoms with Crippen molar-refractivity contribution in [2.24, 2.45) is 5.92 Å². The minimum absolute atomic E-state index is 0.0176. The van der Waals surface area contributed by atoms with Crippen molar-refractivity contribution in [3.63, 3.8) is 0 Å². The number of aromatic nitrogens is 1. The molecule has 1 aromatic heterocycles. The summed E-state index contributed by atoms with van der Waals surface area (Å²) in [5.74, 6) is -2.73. The molecular formula is C15H19ClF2N2O. The number of carbonyl (C=O) groups excluding carboxylic acids is 1. The zero-order valence-electron chi connectivity index (χ0n) is 12.2. The van der Waals surface area contributed by atoms with Crippen LogP contribution in [0.4, 0.5) is 8.78 Å². The van der Waals surface area contributed by atoms with Crippen LogP contribution in [-0.4, -0.2) is 21.7 Å². The molecular weight excluding hydrogens is 298 g/mol. The number of alkyl halides is 2. The Kier molecular flexibility index (Phi) is 4.81. The Labute approximate surface area is 128 Å². The van der Waals surface area contributed by atoms with Crippen molar-refractivity contribution in [1.29, 1.82) is 0 Å². The fourth-order valence-electron chi connectivity index (χ4n) is 2.43. The zero-order valence-corrected chi connectivity index (χ0v) is 13.0. The largest absolute Gasteiger partial charge is 0.332 e. The Balaban J connectivity index is 1.85. The van der Waals surface area contributed by atoms with Gasteiger partial charge in [-0.2, -0.15) is 0 Å². The van der Waals surface area contributed by atoms with E-state index in [2.05, 4.69) is 4.98 Å². The van der Waals surface area contributed by atoms with Gasteiger partial charge in [0.05, 0.1) is 12.2 Å². The Bertz CT molecular complexity index is 531. The molecule has 0 radical (unpaired) electrons. The molecule has 1 unspecified atom stereocenters. The smallest absolute Gasteiger partial charge is 0.245 e. The lowest BCUT2D eigenvalue weighted by Gasteiger charge is -2.19. The van der Waals surface area contributed by atoms with Crippen LogP contribution in [0.3, 0.4) is 0 Å². The van der Waals surface area contributed by atoms with E-state index in [0.717, 1.165) is 18.2 Å². The average Bonchev–Trinajstić information content (AvgIpc) is 2.78. The first-order valence-electron chi connectivity index (χ1n) is 7.04. The summed E-state index contributed by atoms with van der Waals surface area (Å²) in [6.45, 7) is 3.72. The fourth-order valence-corrected chi connectivity index (χ4v) is 2.60. The third-order valence-corrected chi connectivity index (χ3v) is 3.90. The highest BCUT2D eigenvalue weighted by molar-refractivity contribution is 6.29. The number of hydrogen-bond acceptors (Lipinski definition) is 2. The Morgan fingerprint density at radius 3 is 2.86 bits per heavy atom. The second kappa shape index (κ2) is 6.26. The summed E-state index contributed by atoms with van der Waals surface area (Å²) in [5, 5.41) is 0.418. The molecule has 1 aliphatic rings. The summed E-state index contributed by atoms with van der Waals surface area (Å²) in [5.41, 5.74) is 1.82. The van der Waals surface area contributed by atoms with Gasteiger partial charge >= 0.3 is 0 Å². The van der Waals surface area contributed by atoms with E-state index in [4.69, 9.17) is 11.6 Å². The van der Waals surface area contributed by atoms with E-state index < -0.39 is 5.92 Å². The van der Waals surface area contributed by atoms with Crippen LogP contribution in [0.25, 0.3) is 0 Å². The third kappa shape index (κ3) is 4.63. The molecule has 1 aromatic rings. The van der Waals surface area contributed by atoms with Gasteiger partial charge in [-0.25, -0.2) is 13.8 Å². The van der Waals surface area contributed by atoms with Gasteiger partial charge in [0.1, 0.15) is 5.15 Å². The van der Waals surface area contributed by atoms with Crippen LogP contribution in [0.5, 0.6) is 0 Å². The number of fused-ring (bicyclic) bond motifs is 1. The van der Waals surface area contributed by atoms with E-state index in [0.29, 0.717) is 24.7 Å². The van der Waals surface area contributed by atoms with Gasteiger partial charge in [0.25, 0.3) is 0 Å². The maximum Gasteiger partial charge on any atom is 0.245 e. The molecule has 0 aromatic carbocycles. The minimum atomic E-state index is -2.66. The molecule has 2 heterocycles. The molecule has 1 amide bonds. The predicted molar refractivity (Wildman–Crippen MR) is 77.1 cm³/mol. The Morgan fingerprint density at radius 1 is 1.48 bits per heavy atom. The molecule has 116 valence electrons. The van der Waals surface area contributed by atoms with E-state index in [-0.39, 0.29) is 24.7 Å². The molecule has 1 atom stereocenters. The Hall–Kier alpha value is -1.23. The predicted octanol–water partition coefficient (Wildman–Crippen LogP) is 4.04. The van der Waals surface area contributed by atoms with Gasteiger partial charge in [0.2, 0.25) is 11.8 Å². The molecule has 1 aliphatic heterocycles. The van der Waals surface area contributed by atoms with Gasteiger partial charge in [-0.05, 0) is 30.9 Å². The van der Waals surface area contributed by atoms with Crippen molar-refractivity contribution < 1.29 is 13.6 Å². The molecule has 0 spiro atoms. The zero-order chi connectivity index (χ0) is 15.6. The van der Waals surface area contributed by atoms with Gasteiger partial charge in [-0.15, -0.1) is 0 Å². The van der Waals surface area contributed by atoms with Crippen molar-refractivity contribution >= 4 is 17.5 Å². The van der Waals surface area contributed by atoms with Gasteiger partial charge in [0.15, 0.2) is 0 Å². The maximum absolute atomic E-state index is 12.8. The Morgan fingerprint density at radius 2 is 2.19 bits per heavy atom. The van der Waals surface area contributed by atoms with Crippen molar-refractivity contribution in [1.82, 2.24) is 9.88 Å². The van der Waals surface area contributed by atoms with E-state index in [1.807, 2.05) is 13.0 Å². The first-order valence-corrected chi connectivity index (χ1v) is 7.42. The van der Waals surface area contributed by atoms with Crippen molar-refractivity contribution in [3.05, 3.63) is 28.5 Å². The first-order chi connectivity index (χ1) is 9.74. The molecule has 0 N–H and O–H groups in total. The summed E-state index contributed by atoms with van der Waals surface area (Å²) < 4.78 is 25.6. The molecule has 0 saturated carbocycles. The summed E-state index contributed by atoms with van der Waals surface area (Å²) in [6.07, 6.45) is 0.455. The molecule has 0 aliphatic carbocycles. The monoisotopic (exact) mass is 316 g/mol. The molecule has 3 nitrogen and oxygen atoms in total. The number of amides is 1. The molecule has 0 bridgehead atoms. The number of rotatable bonds is 5. The van der Waals surface area contributed by atoms with Gasteiger partial charge in [-0.3, -0.25) is 4.79 Å². The van der Waals surface area contributed by atoms with Gasteiger partial charge in [-0.1, -0.05) is 24.6 Å². The van der Waals surface area contributed by atoms with Crippen LogP contribution in [0, 0.1) is 5.92 Å². The van der Waals surface area contributed by atoms with Crippen LogP contribution in [0.15, 0.2) is 12.1 Å². The number of halogens is 3. The fraction of sp³-hybridized carbons (Fsp3) is 0.600.